The van der Waals surface area contributed by atoms with Crippen LogP contribution in [0.4, 0.5) is 10.7 Å². The van der Waals surface area contributed by atoms with Crippen molar-refractivity contribution in [3.63, 3.8) is 0 Å². The summed E-state index contributed by atoms with van der Waals surface area (Å²) < 4.78 is 6.77. The topological polar surface area (TPSA) is 89.3 Å². The number of amides is 1. The molecule has 0 aliphatic heterocycles. The number of ether oxygens (including phenoxy) is 1. The van der Waals surface area contributed by atoms with Crippen molar-refractivity contribution < 1.29 is 14.3 Å². The Kier molecular flexibility index (Phi) is 7.34. The summed E-state index contributed by atoms with van der Waals surface area (Å²) >= 11 is 2.65. The molecule has 10 heteroatoms. The highest BCUT2D eigenvalue weighted by Crippen LogP contribution is 2.29. The Hall–Kier alpha value is -2.85. The van der Waals surface area contributed by atoms with Crippen molar-refractivity contribution >= 4 is 45.7 Å². The number of aromatic nitrogens is 3. The summed E-state index contributed by atoms with van der Waals surface area (Å²) in [5, 5.41) is 12.6. The number of methoxy groups -OCH3 is 1. The highest BCUT2D eigenvalue weighted by molar-refractivity contribution is 7.99. The number of nitrogens with zero attached hydrogens (tertiary/aromatic N) is 4. The molecule has 0 fully saturated rings. The van der Waals surface area contributed by atoms with E-state index in [2.05, 4.69) is 15.5 Å². The summed E-state index contributed by atoms with van der Waals surface area (Å²) in [6.45, 7) is 4.57. The lowest BCUT2D eigenvalue weighted by Crippen LogP contribution is -2.16. The average molecular weight is 460 g/mol. The van der Waals surface area contributed by atoms with Crippen molar-refractivity contribution in [1.29, 1.82) is 0 Å². The van der Waals surface area contributed by atoms with Crippen LogP contribution in [0, 0.1) is 6.92 Å². The number of nitrogens with one attached hydrogen (secondary N) is 1. The third-order valence-electron chi connectivity index (χ3n) is 4.52. The molecule has 0 aliphatic carbocycles. The molecule has 0 aliphatic rings. The van der Waals surface area contributed by atoms with Gasteiger partial charge >= 0.3 is 5.97 Å². The molecule has 0 saturated heterocycles. The van der Waals surface area contributed by atoms with Gasteiger partial charge in [-0.3, -0.25) is 4.79 Å². The van der Waals surface area contributed by atoms with Crippen LogP contribution < -0.4 is 10.2 Å². The number of thiophene rings is 1. The van der Waals surface area contributed by atoms with Gasteiger partial charge in [-0.2, -0.15) is 0 Å². The molecular weight excluding hydrogens is 434 g/mol. The molecule has 31 heavy (non-hydrogen) atoms. The SMILES string of the molecule is CCn1c(SCC(=O)Nc2sc(C)cc2C(=O)OC)nnc1-c1ccc(N(C)C)cc1. The second-order valence-electron chi connectivity index (χ2n) is 6.92. The van der Waals surface area contributed by atoms with Crippen LogP contribution in [-0.4, -0.2) is 53.6 Å². The number of aryl methyl sites for hydroxylation is 1. The first-order chi connectivity index (χ1) is 14.8. The molecule has 8 nitrogen and oxygen atoms in total. The van der Waals surface area contributed by atoms with Gasteiger partial charge < -0.3 is 19.5 Å². The Bertz CT molecular complexity index is 1070. The van der Waals surface area contributed by atoms with Crippen molar-refractivity contribution in [1.82, 2.24) is 14.8 Å². The van der Waals surface area contributed by atoms with Crippen molar-refractivity contribution in [2.45, 2.75) is 25.5 Å². The van der Waals surface area contributed by atoms with Crippen LogP contribution in [0.25, 0.3) is 11.4 Å². The van der Waals surface area contributed by atoms with Gasteiger partial charge in [-0.05, 0) is 44.2 Å². The number of carbonyl (C=O) groups is 2. The quantitative estimate of drug-likeness (QED) is 0.403. The van der Waals surface area contributed by atoms with Gasteiger partial charge in [-0.25, -0.2) is 4.79 Å². The number of hydrogen-bond acceptors (Lipinski definition) is 8. The Morgan fingerprint density at radius 2 is 1.94 bits per heavy atom. The third-order valence-corrected chi connectivity index (χ3v) is 6.45. The van der Waals surface area contributed by atoms with Crippen LogP contribution in [0.5, 0.6) is 0 Å². The predicted octanol–water partition coefficient (Wildman–Crippen LogP) is 3.92. The minimum atomic E-state index is -0.469. The Balaban J connectivity index is 1.70. The molecule has 1 N–H and O–H groups in total. The molecule has 2 aromatic heterocycles. The van der Waals surface area contributed by atoms with E-state index in [1.54, 1.807) is 6.07 Å². The molecule has 0 atom stereocenters. The summed E-state index contributed by atoms with van der Waals surface area (Å²) in [4.78, 5) is 27.3. The number of thioether (sulfide) groups is 1. The molecule has 3 rings (SSSR count). The van der Waals surface area contributed by atoms with Crippen molar-refractivity contribution in [3.8, 4) is 11.4 Å². The fourth-order valence-corrected chi connectivity index (χ4v) is 4.68. The Morgan fingerprint density at radius 1 is 1.23 bits per heavy atom. The van der Waals surface area contributed by atoms with Gasteiger partial charge in [-0.1, -0.05) is 11.8 Å². The zero-order valence-corrected chi connectivity index (χ0v) is 19.8. The smallest absolute Gasteiger partial charge is 0.340 e. The second-order valence-corrected chi connectivity index (χ2v) is 9.12. The normalized spacial score (nSPS) is 10.7. The zero-order chi connectivity index (χ0) is 22.5. The van der Waals surface area contributed by atoms with Gasteiger partial charge in [0.1, 0.15) is 5.00 Å². The highest BCUT2D eigenvalue weighted by Gasteiger charge is 2.19. The standard InChI is InChI=1S/C21H25N5O3S2/c1-6-26-18(14-7-9-15(10-8-14)25(3)4)23-24-21(26)30-12-17(27)22-19-16(20(28)29-5)11-13(2)31-19/h7-11H,6,12H2,1-5H3,(H,22,27). The predicted molar refractivity (Wildman–Crippen MR) is 125 cm³/mol. The summed E-state index contributed by atoms with van der Waals surface area (Å²) in [7, 11) is 5.31. The van der Waals surface area contributed by atoms with E-state index >= 15 is 0 Å². The van der Waals surface area contributed by atoms with Crippen LogP contribution in [0.2, 0.25) is 0 Å². The maximum absolute atomic E-state index is 12.5. The number of esters is 1. The molecule has 0 spiro atoms. The van der Waals surface area contributed by atoms with E-state index in [1.807, 2.05) is 61.7 Å². The molecule has 0 saturated carbocycles. The van der Waals surface area contributed by atoms with E-state index < -0.39 is 5.97 Å². The van der Waals surface area contributed by atoms with Gasteiger partial charge in [0.05, 0.1) is 18.4 Å². The molecule has 164 valence electrons. The fraction of sp³-hybridized carbons (Fsp3) is 0.333. The van der Waals surface area contributed by atoms with Gasteiger partial charge in [0.25, 0.3) is 0 Å². The van der Waals surface area contributed by atoms with E-state index in [-0.39, 0.29) is 11.7 Å². The lowest BCUT2D eigenvalue weighted by Gasteiger charge is -2.13. The number of carbonyl (C=O) groups excluding carboxylic acids is 2. The third kappa shape index (κ3) is 5.26. The molecule has 3 aromatic rings. The average Bonchev–Trinajstić information content (AvgIpc) is 3.34. The molecule has 1 amide bonds. The number of anilines is 2. The van der Waals surface area contributed by atoms with Crippen molar-refractivity contribution in [3.05, 3.63) is 40.8 Å². The maximum Gasteiger partial charge on any atom is 0.340 e. The first-order valence-electron chi connectivity index (χ1n) is 9.66. The Morgan fingerprint density at radius 3 is 2.55 bits per heavy atom. The van der Waals surface area contributed by atoms with Gasteiger partial charge in [0, 0.05) is 36.8 Å². The molecule has 2 heterocycles. The lowest BCUT2D eigenvalue weighted by molar-refractivity contribution is -0.113. The summed E-state index contributed by atoms with van der Waals surface area (Å²) in [5.41, 5.74) is 2.43. The minimum absolute atomic E-state index is 0.148. The van der Waals surface area contributed by atoms with E-state index in [1.165, 1.54) is 30.2 Å². The lowest BCUT2D eigenvalue weighted by atomic mass is 10.2. The van der Waals surface area contributed by atoms with Crippen LogP contribution in [-0.2, 0) is 16.1 Å². The van der Waals surface area contributed by atoms with E-state index in [4.69, 9.17) is 4.74 Å². The minimum Gasteiger partial charge on any atom is -0.465 e. The summed E-state index contributed by atoms with van der Waals surface area (Å²) in [6, 6.07) is 9.80. The van der Waals surface area contributed by atoms with Crippen LogP contribution in [0.3, 0.4) is 0 Å². The van der Waals surface area contributed by atoms with Gasteiger partial charge in [-0.15, -0.1) is 21.5 Å². The molecule has 0 unspecified atom stereocenters. The largest absolute Gasteiger partial charge is 0.465 e. The van der Waals surface area contributed by atoms with Crippen molar-refractivity contribution in [2.75, 3.05) is 37.2 Å². The Labute approximate surface area is 189 Å². The second kappa shape index (κ2) is 9.97. The molecule has 0 radical (unpaired) electrons. The molecule has 1 aromatic carbocycles. The zero-order valence-electron chi connectivity index (χ0n) is 18.1. The molecular formula is C21H25N5O3S2. The number of rotatable bonds is 8. The first kappa shape index (κ1) is 22.8. The van der Waals surface area contributed by atoms with Crippen LogP contribution >= 0.6 is 23.1 Å². The van der Waals surface area contributed by atoms with E-state index in [0.717, 1.165) is 22.0 Å². The first-order valence-corrected chi connectivity index (χ1v) is 11.5. The van der Waals surface area contributed by atoms with Crippen LogP contribution in [0.15, 0.2) is 35.5 Å². The molecule has 0 bridgehead atoms. The van der Waals surface area contributed by atoms with Crippen molar-refractivity contribution in [2.24, 2.45) is 0 Å². The van der Waals surface area contributed by atoms with E-state index in [9.17, 15) is 9.59 Å². The monoisotopic (exact) mass is 459 g/mol. The maximum atomic E-state index is 12.5. The van der Waals surface area contributed by atoms with Gasteiger partial charge in [0.2, 0.25) is 5.91 Å². The summed E-state index contributed by atoms with van der Waals surface area (Å²) in [5.74, 6) is 0.218. The number of benzene rings is 1. The fourth-order valence-electron chi connectivity index (χ4n) is 2.96. The van der Waals surface area contributed by atoms with Gasteiger partial charge in [0.15, 0.2) is 11.0 Å². The number of hydrogen-bond donors (Lipinski definition) is 1. The highest BCUT2D eigenvalue weighted by atomic mass is 32.2. The summed E-state index contributed by atoms with van der Waals surface area (Å²) in [6.07, 6.45) is 0. The van der Waals surface area contributed by atoms with Crippen LogP contribution in [0.1, 0.15) is 22.2 Å². The van der Waals surface area contributed by atoms with E-state index in [0.29, 0.717) is 22.3 Å².